The van der Waals surface area contributed by atoms with Gasteiger partial charge >= 0.3 is 29.6 Å². The number of hydrogen-bond donors (Lipinski definition) is 8. The van der Waals surface area contributed by atoms with E-state index in [4.69, 9.17) is 39.9 Å². The van der Waals surface area contributed by atoms with Crippen molar-refractivity contribution in [2.75, 3.05) is 43.4 Å². The van der Waals surface area contributed by atoms with E-state index in [1.165, 1.54) is 0 Å². The van der Waals surface area contributed by atoms with Crippen LogP contribution < -0.4 is 82.9 Å². The molecule has 642 valence electrons. The molecule has 0 spiro atoms. The van der Waals surface area contributed by atoms with E-state index in [9.17, 15) is 0 Å². The Hall–Kier alpha value is -18.4. The number of nitrogens with zero attached hydrogens (tertiary/aromatic N) is 16. The molecule has 8 N–H and O–H groups in total. The van der Waals surface area contributed by atoms with Crippen molar-refractivity contribution in [2.45, 2.75) is 0 Å². The molecule has 2 aliphatic rings. The molecule has 8 bridgehead atoms. The Kier molecular flexibility index (Phi) is 17.1. The minimum atomic E-state index is 0. The number of rotatable bonds is 16. The van der Waals surface area contributed by atoms with Crippen molar-refractivity contribution in [1.29, 1.82) is 0 Å². The van der Waals surface area contributed by atoms with Crippen molar-refractivity contribution in [3.8, 4) is 45.6 Å². The van der Waals surface area contributed by atoms with E-state index in [0.29, 0.717) is 89.3 Å². The molecule has 0 radical (unpaired) electrons. The van der Waals surface area contributed by atoms with Gasteiger partial charge in [0.2, 0.25) is 0 Å². The van der Waals surface area contributed by atoms with Gasteiger partial charge in [-0.1, -0.05) is 243 Å². The van der Waals surface area contributed by atoms with Crippen molar-refractivity contribution in [3.05, 3.63) is 389 Å². The first-order valence-corrected chi connectivity index (χ1v) is 45.1. The molecule has 29 rings (SSSR count). The summed E-state index contributed by atoms with van der Waals surface area (Å²) >= 11 is 0. The van der Waals surface area contributed by atoms with Crippen LogP contribution in [0.5, 0.6) is 0 Å². The van der Waals surface area contributed by atoms with Crippen LogP contribution >= 0.6 is 0 Å². The number of hydrogen-bond acceptors (Lipinski definition) is 14. The summed E-state index contributed by atoms with van der Waals surface area (Å²) in [6, 6.07) is 118. The molecule has 24 nitrogen and oxygen atoms in total. The van der Waals surface area contributed by atoms with E-state index in [1.54, 1.807) is 0 Å². The van der Waals surface area contributed by atoms with Crippen LogP contribution in [0.1, 0.15) is 0 Å². The Balaban J connectivity index is 0.00000927. The average Bonchev–Trinajstić information content (AvgIpc) is 1.55. The molecule has 0 amide bonds. The van der Waals surface area contributed by atoms with Crippen molar-refractivity contribution in [1.82, 2.24) is 77.3 Å². The predicted octanol–water partition coefficient (Wildman–Crippen LogP) is 22.4. The van der Waals surface area contributed by atoms with Crippen LogP contribution in [0.3, 0.4) is 0 Å². The van der Waals surface area contributed by atoms with Gasteiger partial charge in [-0.2, -0.15) is 0 Å². The number of nitrogens with one attached hydrogen (secondary N) is 8. The zero-order chi connectivity index (χ0) is 88.9. The molecule has 2 aliphatic heterocycles. The third-order valence-electron chi connectivity index (χ3n) is 27.0. The average molecular weight is 1780 g/mol. The normalized spacial score (nSPS) is 12.0. The van der Waals surface area contributed by atoms with E-state index < -0.39 is 0 Å². The van der Waals surface area contributed by atoms with Gasteiger partial charge in [0.25, 0.3) is 0 Å². The summed E-state index contributed by atoms with van der Waals surface area (Å²) in [5.41, 5.74) is 49.0. The van der Waals surface area contributed by atoms with Gasteiger partial charge in [0.05, 0.1) is 113 Å². The fraction of sp³-hybridized carbons (Fsp3) is 0. The quantitative estimate of drug-likeness (QED) is 0.0331. The Morgan fingerprint density at radius 1 is 0.161 bits per heavy atom. The van der Waals surface area contributed by atoms with Crippen LogP contribution in [-0.2, 0) is 0 Å². The number of anilines is 8. The van der Waals surface area contributed by atoms with Gasteiger partial charge < -0.3 is 29.9 Å². The van der Waals surface area contributed by atoms with Crippen molar-refractivity contribution in [2.24, 2.45) is 0 Å². The van der Waals surface area contributed by atoms with Crippen molar-refractivity contribution in [3.63, 3.8) is 0 Å². The maximum Gasteiger partial charge on any atom is 1.00 e. The summed E-state index contributed by atoms with van der Waals surface area (Å²) in [7, 11) is 0. The first-order chi connectivity index (χ1) is 67.4. The van der Waals surface area contributed by atoms with Gasteiger partial charge in [-0.05, 0) is 97.1 Å². The first kappa shape index (κ1) is 77.4. The van der Waals surface area contributed by atoms with Gasteiger partial charge in [-0.3, -0.25) is 80.8 Å². The van der Waals surface area contributed by atoms with Gasteiger partial charge in [0.15, 0.2) is 0 Å². The predicted molar refractivity (Wildman–Crippen MR) is 552 cm³/mol. The summed E-state index contributed by atoms with van der Waals surface area (Å²) in [6.07, 6.45) is 16.5. The van der Waals surface area contributed by atoms with Crippen LogP contribution in [0, 0.1) is 0 Å². The van der Waals surface area contributed by atoms with Crippen LogP contribution in [0.2, 0.25) is 0 Å². The first-order valence-electron chi connectivity index (χ1n) is 45.1. The fourth-order valence-electron chi connectivity index (χ4n) is 20.8. The number of benzene rings is 16. The van der Waals surface area contributed by atoms with Crippen LogP contribution in [0.4, 0.5) is 45.5 Å². The van der Waals surface area contributed by atoms with E-state index in [0.717, 1.165) is 130 Å². The van der Waals surface area contributed by atoms with E-state index in [-0.39, 0.29) is 75.4 Å². The second-order valence-electron chi connectivity index (χ2n) is 34.5. The second-order valence-corrected chi connectivity index (χ2v) is 34.5. The monoisotopic (exact) mass is 1780 g/mol. The molecule has 25 heteroatoms. The summed E-state index contributed by atoms with van der Waals surface area (Å²) in [5, 5.41) is 17.4. The molecular formula is C112H72N24Na-. The maximum absolute atomic E-state index is 6.26. The maximum atomic E-state index is 6.26. The van der Waals surface area contributed by atoms with E-state index in [2.05, 4.69) is 470 Å². The molecule has 27 aromatic rings. The Labute approximate surface area is 799 Å². The van der Waals surface area contributed by atoms with E-state index in [1.807, 2.05) is 0 Å². The SMILES string of the molecule is [Na+].c1ccc2c(c1)ccn2Nc1c2c(c(Nn3ccc4ccccc43)c3ccccc13)-c1nc-2nc2[n-]c(nc3nc(nc4[n-]c(n1)c1c(Nn5ccc6ccccc65)c5ccccc5c(Nn5ccc6ccccc65)c41)-c1c-3c(Nn3ccc4ccccc43)c3ccccc3c1Nn1ccc3ccccc31)c1c(Nn3ccc4ccccc43)c3ccccc3c(Nn3ccc4ccccc43)c21. The number of para-hydroxylation sites is 8. The Bertz CT molecular complexity index is 8860. The molecule has 13 heterocycles. The summed E-state index contributed by atoms with van der Waals surface area (Å²) in [6.45, 7) is 0. The summed E-state index contributed by atoms with van der Waals surface area (Å²) in [4.78, 5) is 49.4. The molecule has 0 aliphatic carbocycles. The standard InChI is InChI=1S/C112H72N24.Na/c1-17-41-81-65(25-1)49-57-129(81)121-97-73-33-9-10-34-74(73)98(122-130-58-50-66-26-2-18-42-82(66)130)90-89(97)105-113-106(90)118-108-93-94(102(126-134-62-54-70-30-6-22-46-86(70)134)78-38-14-13-37-77(78)101(93)125-133-61-53-69-29-5-21-45-85(69)133)110(115-108)120-112-96-95(103(127-135-63-55-71-31-7-23-47-87(71)135)79-39-15-16-40-80(79)104(96)128-136-64-56-72-32-8-24-48-88(72)136)111(116-112)119-109-92-91(107(114-109)117-105)99(123-131-59-51-67-27-3-19-43-83(67)131)75-35-11-12-36-76(75)100(92)124-132-60-52-68-28-4-20-44-84(68)132;/h1-64,121-128H;/q-2;+1. The third kappa shape index (κ3) is 12.0. The Morgan fingerprint density at radius 3 is 0.482 bits per heavy atom. The Morgan fingerprint density at radius 2 is 0.307 bits per heavy atom. The zero-order valence-corrected chi connectivity index (χ0v) is 75.1. The molecule has 16 aromatic carbocycles. The van der Waals surface area contributed by atoms with Crippen LogP contribution in [0.25, 0.3) is 220 Å². The third-order valence-corrected chi connectivity index (χ3v) is 27.0. The topological polar surface area (TPSA) is 241 Å². The smallest absolute Gasteiger partial charge is 0.357 e. The molecule has 11 aromatic heterocycles. The van der Waals surface area contributed by atoms with Gasteiger partial charge in [-0.25, -0.2) is 9.97 Å². The molecule has 0 unspecified atom stereocenters. The van der Waals surface area contributed by atoms with Crippen LogP contribution in [-0.4, -0.2) is 67.3 Å². The summed E-state index contributed by atoms with van der Waals surface area (Å²) < 4.78 is 16.6. The second kappa shape index (κ2) is 30.3. The minimum Gasteiger partial charge on any atom is -0.357 e. The number of fused-ring (bicyclic) bond motifs is 32. The van der Waals surface area contributed by atoms with Gasteiger partial charge in [-0.15, -0.1) is 0 Å². The van der Waals surface area contributed by atoms with Gasteiger partial charge in [0.1, 0.15) is 0 Å². The number of aromatic nitrogens is 16. The van der Waals surface area contributed by atoms with Crippen molar-refractivity contribution >= 4 is 220 Å². The van der Waals surface area contributed by atoms with E-state index >= 15 is 0 Å². The van der Waals surface area contributed by atoms with Crippen LogP contribution in [0.15, 0.2) is 389 Å². The molecular weight excluding hydrogens is 1700 g/mol. The summed E-state index contributed by atoms with van der Waals surface area (Å²) in [5.74, 6) is 1.07. The van der Waals surface area contributed by atoms with Gasteiger partial charge in [0, 0.05) is 202 Å². The molecule has 0 atom stereocenters. The molecule has 0 saturated carbocycles. The molecule has 0 fully saturated rings. The van der Waals surface area contributed by atoms with Crippen molar-refractivity contribution < 1.29 is 29.6 Å². The molecule has 0 saturated heterocycles. The largest absolute Gasteiger partial charge is 1.00 e. The molecule has 137 heavy (non-hydrogen) atoms. The minimum absolute atomic E-state index is 0. The zero-order valence-electron chi connectivity index (χ0n) is 73.1. The fourth-order valence-corrected chi connectivity index (χ4v) is 20.8.